The van der Waals surface area contributed by atoms with Gasteiger partial charge in [0, 0.05) is 6.54 Å². The van der Waals surface area contributed by atoms with Crippen LogP contribution in [-0.2, 0) is 19.0 Å². The lowest BCUT2D eigenvalue weighted by Gasteiger charge is -2.31. The Kier molecular flexibility index (Phi) is 4.73. The van der Waals surface area contributed by atoms with Gasteiger partial charge in [-0.25, -0.2) is 4.79 Å². The molecule has 21 heavy (non-hydrogen) atoms. The van der Waals surface area contributed by atoms with Crippen LogP contribution < -0.4 is 5.32 Å². The molecule has 2 fully saturated rings. The molecule has 0 unspecified atom stereocenters. The minimum atomic E-state index is -0.521. The van der Waals surface area contributed by atoms with E-state index < -0.39 is 11.6 Å². The molecule has 0 aromatic carbocycles. The molecule has 2 heterocycles. The summed E-state index contributed by atoms with van der Waals surface area (Å²) in [6.45, 7) is 8.82. The number of nitrogens with one attached hydrogen (secondary N) is 1. The van der Waals surface area contributed by atoms with E-state index in [2.05, 4.69) is 5.32 Å². The molecule has 0 spiro atoms. The lowest BCUT2D eigenvalue weighted by atomic mass is 10.1. The number of fused-ring (bicyclic) bond motifs is 1. The molecule has 0 aromatic rings. The molecule has 1 amide bonds. The fourth-order valence-electron chi connectivity index (χ4n) is 2.48. The van der Waals surface area contributed by atoms with E-state index in [1.165, 1.54) is 0 Å². The Hall–Kier alpha value is -1.34. The number of carbonyl (C=O) groups is 2. The zero-order chi connectivity index (χ0) is 15.6. The molecule has 120 valence electrons. The quantitative estimate of drug-likeness (QED) is 0.750. The summed E-state index contributed by atoms with van der Waals surface area (Å²) < 4.78 is 16.0. The van der Waals surface area contributed by atoms with E-state index in [0.717, 1.165) is 0 Å². The number of likely N-dealkylation sites (tertiary alicyclic amines) is 1. The second-order valence-electron chi connectivity index (χ2n) is 6.33. The van der Waals surface area contributed by atoms with Crippen LogP contribution >= 0.6 is 0 Å². The third-order valence-corrected chi connectivity index (χ3v) is 3.38. The maximum atomic E-state index is 12.1. The van der Waals surface area contributed by atoms with Crippen molar-refractivity contribution >= 4 is 12.1 Å². The van der Waals surface area contributed by atoms with Crippen LogP contribution in [0.25, 0.3) is 0 Å². The normalized spacial score (nSPS) is 29.0. The Labute approximate surface area is 124 Å². The Bertz CT molecular complexity index is 407. The molecule has 0 radical (unpaired) electrons. The number of amides is 1. The largest absolute Gasteiger partial charge is 0.465 e. The van der Waals surface area contributed by atoms with Gasteiger partial charge in [0.2, 0.25) is 0 Å². The Balaban J connectivity index is 1.89. The van der Waals surface area contributed by atoms with Crippen molar-refractivity contribution in [1.29, 1.82) is 0 Å². The summed E-state index contributed by atoms with van der Waals surface area (Å²) >= 11 is 0. The van der Waals surface area contributed by atoms with Gasteiger partial charge < -0.3 is 19.1 Å². The van der Waals surface area contributed by atoms with Crippen LogP contribution in [0.15, 0.2) is 0 Å². The van der Waals surface area contributed by atoms with Gasteiger partial charge in [-0.3, -0.25) is 10.1 Å². The van der Waals surface area contributed by atoms with Crippen LogP contribution in [0.1, 0.15) is 27.7 Å². The number of ether oxygens (including phenoxy) is 3. The molecule has 2 saturated heterocycles. The zero-order valence-electron chi connectivity index (χ0n) is 13.0. The molecular formula is C14H24N2O5. The van der Waals surface area contributed by atoms with Crippen LogP contribution in [0.4, 0.5) is 4.79 Å². The maximum absolute atomic E-state index is 12.1. The first kappa shape index (κ1) is 16.0. The van der Waals surface area contributed by atoms with E-state index in [9.17, 15) is 9.59 Å². The molecule has 1 N–H and O–H groups in total. The van der Waals surface area contributed by atoms with Crippen molar-refractivity contribution in [2.75, 3.05) is 26.3 Å². The molecule has 3 atom stereocenters. The number of hydrogen-bond donors (Lipinski definition) is 1. The highest BCUT2D eigenvalue weighted by Crippen LogP contribution is 2.21. The number of hydrogen-bond acceptors (Lipinski definition) is 6. The van der Waals surface area contributed by atoms with Crippen LogP contribution in [-0.4, -0.2) is 67.1 Å². The highest BCUT2D eigenvalue weighted by Gasteiger charge is 2.43. The standard InChI is InChI=1S/C14H24N2O5/c1-5-19-12(17)10-8-20-11-7-16(6-9(11)15-10)13(18)21-14(2,3)4/h9-11,15H,5-8H2,1-4H3/t9-,10-,11-/m1/s1. The van der Waals surface area contributed by atoms with Crippen molar-refractivity contribution in [2.24, 2.45) is 0 Å². The fraction of sp³-hybridized carbons (Fsp3) is 0.857. The van der Waals surface area contributed by atoms with Crippen molar-refractivity contribution in [3.05, 3.63) is 0 Å². The maximum Gasteiger partial charge on any atom is 0.410 e. The second kappa shape index (κ2) is 6.19. The molecule has 0 saturated carbocycles. The number of morpholine rings is 1. The number of nitrogens with zero attached hydrogens (tertiary/aromatic N) is 1. The van der Waals surface area contributed by atoms with Crippen molar-refractivity contribution in [3.63, 3.8) is 0 Å². The van der Waals surface area contributed by atoms with E-state index in [4.69, 9.17) is 14.2 Å². The molecule has 0 aromatic heterocycles. The molecule has 2 aliphatic heterocycles. The van der Waals surface area contributed by atoms with E-state index in [0.29, 0.717) is 19.7 Å². The van der Waals surface area contributed by atoms with Crippen molar-refractivity contribution in [3.8, 4) is 0 Å². The third kappa shape index (κ3) is 4.07. The molecular weight excluding hydrogens is 276 g/mol. The molecule has 7 heteroatoms. The van der Waals surface area contributed by atoms with Crippen molar-refractivity contribution in [1.82, 2.24) is 10.2 Å². The van der Waals surface area contributed by atoms with Gasteiger partial charge in [-0.1, -0.05) is 0 Å². The predicted molar refractivity (Wildman–Crippen MR) is 74.9 cm³/mol. The van der Waals surface area contributed by atoms with Gasteiger partial charge in [-0.15, -0.1) is 0 Å². The van der Waals surface area contributed by atoms with E-state index >= 15 is 0 Å². The summed E-state index contributed by atoms with van der Waals surface area (Å²) in [6.07, 6.45) is -0.460. The Morgan fingerprint density at radius 1 is 1.33 bits per heavy atom. The van der Waals surface area contributed by atoms with Crippen LogP contribution in [0.5, 0.6) is 0 Å². The Morgan fingerprint density at radius 3 is 2.67 bits per heavy atom. The number of carbonyl (C=O) groups excluding carboxylic acids is 2. The van der Waals surface area contributed by atoms with Gasteiger partial charge in [0.1, 0.15) is 11.6 Å². The molecule has 2 rings (SSSR count). The average molecular weight is 300 g/mol. The summed E-state index contributed by atoms with van der Waals surface area (Å²) in [7, 11) is 0. The first-order valence-corrected chi connectivity index (χ1v) is 7.32. The third-order valence-electron chi connectivity index (χ3n) is 3.38. The van der Waals surface area contributed by atoms with Crippen LogP contribution in [0.3, 0.4) is 0 Å². The van der Waals surface area contributed by atoms with Gasteiger partial charge in [-0.2, -0.15) is 0 Å². The van der Waals surface area contributed by atoms with E-state index in [1.807, 2.05) is 20.8 Å². The minimum Gasteiger partial charge on any atom is -0.465 e. The molecule has 0 aliphatic carbocycles. The van der Waals surface area contributed by atoms with Gasteiger partial charge >= 0.3 is 12.1 Å². The fourth-order valence-corrected chi connectivity index (χ4v) is 2.48. The van der Waals surface area contributed by atoms with Crippen LogP contribution in [0.2, 0.25) is 0 Å². The first-order valence-electron chi connectivity index (χ1n) is 7.32. The smallest absolute Gasteiger partial charge is 0.410 e. The average Bonchev–Trinajstić information content (AvgIpc) is 2.79. The lowest BCUT2D eigenvalue weighted by molar-refractivity contribution is -0.151. The van der Waals surface area contributed by atoms with Gasteiger partial charge in [-0.05, 0) is 27.7 Å². The topological polar surface area (TPSA) is 77.1 Å². The van der Waals surface area contributed by atoms with Crippen molar-refractivity contribution < 1.29 is 23.8 Å². The summed E-state index contributed by atoms with van der Waals surface area (Å²) in [5.41, 5.74) is -0.521. The second-order valence-corrected chi connectivity index (χ2v) is 6.33. The van der Waals surface area contributed by atoms with Gasteiger partial charge in [0.25, 0.3) is 0 Å². The van der Waals surface area contributed by atoms with E-state index in [-0.39, 0.29) is 30.8 Å². The zero-order valence-corrected chi connectivity index (χ0v) is 13.0. The molecule has 2 aliphatic rings. The summed E-state index contributed by atoms with van der Waals surface area (Å²) in [5, 5.41) is 3.20. The Morgan fingerprint density at radius 2 is 2.05 bits per heavy atom. The van der Waals surface area contributed by atoms with Gasteiger partial charge in [0.15, 0.2) is 0 Å². The van der Waals surface area contributed by atoms with Gasteiger partial charge in [0.05, 0.1) is 31.9 Å². The highest BCUT2D eigenvalue weighted by atomic mass is 16.6. The predicted octanol–water partition coefficient (Wildman–Crippen LogP) is 0.526. The van der Waals surface area contributed by atoms with E-state index in [1.54, 1.807) is 11.8 Å². The number of esters is 1. The SMILES string of the molecule is CCOC(=O)[C@H]1CO[C@@H]2CN(C(=O)OC(C)(C)C)C[C@H]2N1. The number of rotatable bonds is 2. The monoisotopic (exact) mass is 300 g/mol. The summed E-state index contributed by atoms with van der Waals surface area (Å²) in [6, 6.07) is -0.537. The first-order chi connectivity index (χ1) is 9.80. The summed E-state index contributed by atoms with van der Waals surface area (Å²) in [4.78, 5) is 25.4. The lowest BCUT2D eigenvalue weighted by Crippen LogP contribution is -2.57. The molecule has 0 bridgehead atoms. The van der Waals surface area contributed by atoms with Crippen LogP contribution in [0, 0.1) is 0 Å². The molecule has 7 nitrogen and oxygen atoms in total. The highest BCUT2D eigenvalue weighted by molar-refractivity contribution is 5.76. The van der Waals surface area contributed by atoms with Crippen molar-refractivity contribution in [2.45, 2.75) is 51.5 Å². The summed E-state index contributed by atoms with van der Waals surface area (Å²) in [5.74, 6) is -0.313. The minimum absolute atomic E-state index is 0.0688.